The fraction of sp³-hybridized carbons (Fsp3) is 0.708. The molecular formula is C24H37N3O4S. The average molecular weight is 464 g/mol. The minimum absolute atomic E-state index is 0.00695. The zero-order valence-electron chi connectivity index (χ0n) is 19.9. The quantitative estimate of drug-likeness (QED) is 0.527. The third kappa shape index (κ3) is 3.50. The Hall–Kier alpha value is -1.80. The molecule has 3 aliphatic heterocycles. The summed E-state index contributed by atoms with van der Waals surface area (Å²) in [6, 6.07) is -1.29. The molecule has 2 bridgehead atoms. The Labute approximate surface area is 195 Å². The molecular weight excluding hydrogens is 426 g/mol. The van der Waals surface area contributed by atoms with Gasteiger partial charge >= 0.3 is 0 Å². The fourth-order valence-corrected chi connectivity index (χ4v) is 8.37. The Morgan fingerprint density at radius 2 is 1.88 bits per heavy atom. The number of likely N-dealkylation sites (N-methyl/N-ethyl adjacent to an activating group) is 1. The maximum absolute atomic E-state index is 14.0. The van der Waals surface area contributed by atoms with Gasteiger partial charge in [0.25, 0.3) is 0 Å². The van der Waals surface area contributed by atoms with Gasteiger partial charge in [-0.05, 0) is 33.1 Å². The van der Waals surface area contributed by atoms with Crippen molar-refractivity contribution in [3.8, 4) is 0 Å². The minimum atomic E-state index is -0.711. The lowest BCUT2D eigenvalue weighted by Crippen LogP contribution is -2.59. The van der Waals surface area contributed by atoms with Gasteiger partial charge in [-0.1, -0.05) is 19.1 Å². The summed E-state index contributed by atoms with van der Waals surface area (Å²) in [5.41, 5.74) is 0. The molecule has 3 rings (SSSR count). The Morgan fingerprint density at radius 1 is 1.25 bits per heavy atom. The van der Waals surface area contributed by atoms with Crippen LogP contribution in [0.1, 0.15) is 34.1 Å². The number of carbonyl (C=O) groups is 3. The van der Waals surface area contributed by atoms with Gasteiger partial charge in [0.2, 0.25) is 17.7 Å². The van der Waals surface area contributed by atoms with Crippen molar-refractivity contribution < 1.29 is 19.5 Å². The van der Waals surface area contributed by atoms with Crippen LogP contribution in [0.5, 0.6) is 0 Å². The first-order chi connectivity index (χ1) is 15.1. The first-order valence-corrected chi connectivity index (χ1v) is 12.3. The van der Waals surface area contributed by atoms with Gasteiger partial charge in [-0.15, -0.1) is 24.9 Å². The van der Waals surface area contributed by atoms with Crippen LogP contribution in [0.15, 0.2) is 25.3 Å². The number of hydrogen-bond acceptors (Lipinski definition) is 5. The van der Waals surface area contributed by atoms with Crippen molar-refractivity contribution in [3.63, 3.8) is 0 Å². The minimum Gasteiger partial charge on any atom is -0.394 e. The molecule has 3 heterocycles. The molecule has 32 heavy (non-hydrogen) atoms. The highest BCUT2D eigenvalue weighted by Gasteiger charge is 2.76. The molecule has 1 N–H and O–H groups in total. The molecule has 0 aromatic carbocycles. The summed E-state index contributed by atoms with van der Waals surface area (Å²) in [5, 5.41) is 9.97. The van der Waals surface area contributed by atoms with E-state index in [1.807, 2.05) is 13.8 Å². The molecule has 3 amide bonds. The largest absolute Gasteiger partial charge is 0.394 e. The van der Waals surface area contributed by atoms with Crippen molar-refractivity contribution in [1.29, 1.82) is 0 Å². The Balaban J connectivity index is 2.12. The Kier molecular flexibility index (Phi) is 7.15. The van der Waals surface area contributed by atoms with Crippen molar-refractivity contribution in [3.05, 3.63) is 25.3 Å². The molecule has 8 heteroatoms. The predicted octanol–water partition coefficient (Wildman–Crippen LogP) is 1.77. The van der Waals surface area contributed by atoms with Gasteiger partial charge in [0.15, 0.2) is 0 Å². The van der Waals surface area contributed by atoms with Crippen molar-refractivity contribution in [2.75, 3.05) is 26.7 Å². The topological polar surface area (TPSA) is 81.2 Å². The van der Waals surface area contributed by atoms with Crippen molar-refractivity contribution in [1.82, 2.24) is 14.7 Å². The smallest absolute Gasteiger partial charge is 0.247 e. The lowest BCUT2D eigenvalue weighted by molar-refractivity contribution is -0.147. The molecule has 3 fully saturated rings. The third-order valence-electron chi connectivity index (χ3n) is 7.45. The molecule has 0 saturated carbocycles. The number of hydrogen-bond donors (Lipinski definition) is 1. The van der Waals surface area contributed by atoms with Gasteiger partial charge in [0.05, 0.1) is 29.2 Å². The molecule has 3 unspecified atom stereocenters. The van der Waals surface area contributed by atoms with Crippen molar-refractivity contribution in [2.45, 2.75) is 62.2 Å². The highest BCUT2D eigenvalue weighted by molar-refractivity contribution is 8.02. The molecule has 1 spiro atoms. The Morgan fingerprint density at radius 3 is 2.41 bits per heavy atom. The first-order valence-electron chi connectivity index (χ1n) is 11.5. The van der Waals surface area contributed by atoms with E-state index in [2.05, 4.69) is 20.1 Å². The summed E-state index contributed by atoms with van der Waals surface area (Å²) in [7, 11) is 1.73. The third-order valence-corrected chi connectivity index (χ3v) is 9.53. The zero-order valence-corrected chi connectivity index (χ0v) is 20.7. The fourth-order valence-electron chi connectivity index (χ4n) is 5.97. The van der Waals surface area contributed by atoms with Gasteiger partial charge < -0.3 is 19.8 Å². The van der Waals surface area contributed by atoms with E-state index in [9.17, 15) is 19.5 Å². The molecule has 7 nitrogen and oxygen atoms in total. The highest BCUT2D eigenvalue weighted by Crippen LogP contribution is 2.69. The molecule has 3 saturated heterocycles. The maximum atomic E-state index is 14.0. The second-order valence-electron chi connectivity index (χ2n) is 9.71. The van der Waals surface area contributed by atoms with E-state index in [1.165, 1.54) is 0 Å². The highest BCUT2D eigenvalue weighted by atomic mass is 32.2. The average Bonchev–Trinajstić information content (AvgIpc) is 3.34. The van der Waals surface area contributed by atoms with E-state index in [0.29, 0.717) is 13.1 Å². The summed E-state index contributed by atoms with van der Waals surface area (Å²) in [4.78, 5) is 46.3. The second-order valence-corrected chi connectivity index (χ2v) is 11.3. The van der Waals surface area contributed by atoms with Gasteiger partial charge in [0, 0.05) is 31.4 Å². The summed E-state index contributed by atoms with van der Waals surface area (Å²) in [6.45, 7) is 15.9. The second kappa shape index (κ2) is 9.21. The van der Waals surface area contributed by atoms with Gasteiger partial charge in [0.1, 0.15) is 6.04 Å². The van der Waals surface area contributed by atoms with Crippen LogP contribution >= 0.6 is 11.8 Å². The van der Waals surface area contributed by atoms with Crippen molar-refractivity contribution in [2.24, 2.45) is 17.8 Å². The summed E-state index contributed by atoms with van der Waals surface area (Å²) in [5.74, 6) is -1.30. The van der Waals surface area contributed by atoms with Crippen LogP contribution in [0.3, 0.4) is 0 Å². The number of aliphatic hydroxyl groups excluding tert-OH is 1. The van der Waals surface area contributed by atoms with E-state index in [1.54, 1.807) is 52.6 Å². The molecule has 0 aromatic heterocycles. The van der Waals surface area contributed by atoms with Crippen LogP contribution in [0, 0.1) is 17.8 Å². The maximum Gasteiger partial charge on any atom is 0.247 e. The van der Waals surface area contributed by atoms with E-state index < -0.39 is 28.7 Å². The SMILES string of the molecule is C=CCN(C)C(=O)[C@@H]1[C@@H]2CC(C)C3(S2)C(C(=O)N(CC=C)C(C)C)N([C@H](C)CO)C(=O)[C@H]13. The lowest BCUT2D eigenvalue weighted by Gasteiger charge is -2.42. The summed E-state index contributed by atoms with van der Waals surface area (Å²) >= 11 is 1.66. The normalized spacial score (nSPS) is 33.9. The number of carbonyl (C=O) groups excluding carboxylic acids is 3. The first kappa shape index (κ1) is 24.8. The number of fused-ring (bicyclic) bond motifs is 1. The molecule has 0 aromatic rings. The van der Waals surface area contributed by atoms with Crippen LogP contribution in [-0.2, 0) is 14.4 Å². The monoisotopic (exact) mass is 463 g/mol. The lowest BCUT2D eigenvalue weighted by atomic mass is 9.65. The van der Waals surface area contributed by atoms with Gasteiger partial charge in [-0.2, -0.15) is 0 Å². The number of nitrogens with zero attached hydrogens (tertiary/aromatic N) is 3. The van der Waals surface area contributed by atoms with Crippen LogP contribution in [0.4, 0.5) is 0 Å². The number of thioether (sulfide) groups is 1. The van der Waals surface area contributed by atoms with Crippen LogP contribution in [0.25, 0.3) is 0 Å². The van der Waals surface area contributed by atoms with Crippen LogP contribution < -0.4 is 0 Å². The van der Waals surface area contributed by atoms with E-state index in [4.69, 9.17) is 0 Å². The number of amides is 3. The number of likely N-dealkylation sites (tertiary alicyclic amines) is 1. The Bertz CT molecular complexity index is 802. The number of rotatable bonds is 9. The van der Waals surface area contributed by atoms with Crippen LogP contribution in [-0.4, -0.2) is 92.4 Å². The van der Waals surface area contributed by atoms with E-state index in [-0.39, 0.29) is 41.5 Å². The number of aliphatic hydroxyl groups is 1. The summed E-state index contributed by atoms with van der Waals surface area (Å²) in [6.07, 6.45) is 4.17. The standard InChI is InChI=1S/C24H37N3O4S/c1-8-10-25(7)21(29)18-17-12-15(5)24(32-17)19(18)22(30)27(16(6)13-28)20(24)23(31)26(11-9-2)14(3)4/h8-9,14-20,28H,1-2,10-13H2,3-7H3/t15?,16-,17+,18-,19+,20?,24?/m1/s1. The molecule has 7 atom stereocenters. The van der Waals surface area contributed by atoms with Crippen LogP contribution in [0.2, 0.25) is 0 Å². The molecule has 178 valence electrons. The van der Waals surface area contributed by atoms with E-state index in [0.717, 1.165) is 6.42 Å². The van der Waals surface area contributed by atoms with Gasteiger partial charge in [-0.3, -0.25) is 14.4 Å². The zero-order chi connectivity index (χ0) is 24.0. The van der Waals surface area contributed by atoms with Crippen molar-refractivity contribution >= 4 is 29.5 Å². The predicted molar refractivity (Wildman–Crippen MR) is 127 cm³/mol. The summed E-state index contributed by atoms with van der Waals surface area (Å²) < 4.78 is -0.675. The molecule has 0 radical (unpaired) electrons. The molecule has 0 aliphatic carbocycles. The molecule has 3 aliphatic rings. The van der Waals surface area contributed by atoms with E-state index >= 15 is 0 Å². The van der Waals surface area contributed by atoms with Gasteiger partial charge in [-0.25, -0.2) is 0 Å².